The molecule has 1 N–H and O–H groups in total. The van der Waals surface area contributed by atoms with Crippen molar-refractivity contribution in [2.24, 2.45) is 5.92 Å². The lowest BCUT2D eigenvalue weighted by Gasteiger charge is -2.42. The van der Waals surface area contributed by atoms with Crippen molar-refractivity contribution in [3.8, 4) is 0 Å². The smallest absolute Gasteiger partial charge is 0.263 e. The Morgan fingerprint density at radius 3 is 2.77 bits per heavy atom. The number of amides is 1. The molecule has 0 unspecified atom stereocenters. The molecule has 160 valence electrons. The van der Waals surface area contributed by atoms with Gasteiger partial charge in [0.05, 0.1) is 12.5 Å². The monoisotopic (exact) mass is 418 g/mol. The van der Waals surface area contributed by atoms with Crippen LogP contribution in [0.4, 0.5) is 0 Å². The minimum absolute atomic E-state index is 0.170. The highest BCUT2D eigenvalue weighted by atomic mass is 16.3. The zero-order valence-corrected chi connectivity index (χ0v) is 17.4. The van der Waals surface area contributed by atoms with Gasteiger partial charge in [-0.2, -0.15) is 0 Å². The van der Waals surface area contributed by atoms with Crippen LogP contribution in [0.3, 0.4) is 0 Å². The second-order valence-electron chi connectivity index (χ2n) is 8.57. The highest BCUT2D eigenvalue weighted by molar-refractivity contribution is 5.93. The Bertz CT molecular complexity index is 1110. The molecule has 5 rings (SSSR count). The topological polar surface area (TPSA) is 80.4 Å². The van der Waals surface area contributed by atoms with E-state index in [-0.39, 0.29) is 17.0 Å². The Kier molecular flexibility index (Phi) is 5.42. The molecule has 0 aliphatic carbocycles. The van der Waals surface area contributed by atoms with Gasteiger partial charge in [-0.25, -0.2) is 0 Å². The molecule has 1 saturated heterocycles. The van der Waals surface area contributed by atoms with Crippen molar-refractivity contribution in [2.45, 2.75) is 31.8 Å². The maximum atomic E-state index is 13.1. The molecule has 0 spiro atoms. The molecule has 1 fully saturated rings. The van der Waals surface area contributed by atoms with Crippen molar-refractivity contribution in [2.75, 3.05) is 19.6 Å². The number of piperidine rings is 1. The summed E-state index contributed by atoms with van der Waals surface area (Å²) >= 11 is 0. The number of carbonyl (C=O) groups excluding carboxylic acids is 1. The number of hydrogen-bond acceptors (Lipinski definition) is 5. The molecule has 5 heterocycles. The third kappa shape index (κ3) is 4.18. The van der Waals surface area contributed by atoms with Crippen molar-refractivity contribution in [1.29, 1.82) is 0 Å². The molecule has 3 aromatic heterocycles. The first-order chi connectivity index (χ1) is 15.2. The van der Waals surface area contributed by atoms with E-state index in [4.69, 9.17) is 4.42 Å². The summed E-state index contributed by atoms with van der Waals surface area (Å²) in [5.74, 6) is 0.434. The van der Waals surface area contributed by atoms with Crippen LogP contribution in [-0.4, -0.2) is 40.0 Å². The Morgan fingerprint density at radius 2 is 1.97 bits per heavy atom. The summed E-state index contributed by atoms with van der Waals surface area (Å²) in [5.41, 5.74) is 3.39. The SMILES string of the molecule is O=C(NCCc1ccncc1)c1ccc2n(c1=O)C[C@H]1C[C@@H]2CN(Cc2ccoc2)C1. The molecule has 7 nitrogen and oxygen atoms in total. The normalized spacial score (nSPS) is 20.3. The average molecular weight is 418 g/mol. The maximum Gasteiger partial charge on any atom is 0.263 e. The van der Waals surface area contributed by atoms with E-state index >= 15 is 0 Å². The number of fused-ring (bicyclic) bond motifs is 4. The van der Waals surface area contributed by atoms with E-state index in [0.717, 1.165) is 37.3 Å². The molecule has 2 atom stereocenters. The Morgan fingerprint density at radius 1 is 1.10 bits per heavy atom. The first-order valence-electron chi connectivity index (χ1n) is 10.8. The zero-order chi connectivity index (χ0) is 21.2. The van der Waals surface area contributed by atoms with E-state index in [2.05, 4.69) is 15.2 Å². The first-order valence-corrected chi connectivity index (χ1v) is 10.8. The fraction of sp³-hybridized carbons (Fsp3) is 0.375. The van der Waals surface area contributed by atoms with E-state index in [1.807, 2.05) is 28.8 Å². The van der Waals surface area contributed by atoms with Crippen LogP contribution in [0.15, 0.2) is 64.5 Å². The largest absolute Gasteiger partial charge is 0.472 e. The third-order valence-electron chi connectivity index (χ3n) is 6.36. The van der Waals surface area contributed by atoms with Gasteiger partial charge in [0.25, 0.3) is 11.5 Å². The molecule has 1 amide bonds. The average Bonchev–Trinajstić information content (AvgIpc) is 3.28. The Hall–Kier alpha value is -3.19. The summed E-state index contributed by atoms with van der Waals surface area (Å²) in [7, 11) is 0. The molecular formula is C24H26N4O3. The van der Waals surface area contributed by atoms with Crippen LogP contribution in [0.25, 0.3) is 0 Å². The van der Waals surface area contributed by atoms with Gasteiger partial charge in [-0.05, 0) is 54.7 Å². The molecule has 3 aromatic rings. The molecule has 7 heteroatoms. The molecule has 0 aromatic carbocycles. The van der Waals surface area contributed by atoms with Crippen LogP contribution in [0.2, 0.25) is 0 Å². The predicted molar refractivity (Wildman–Crippen MR) is 116 cm³/mol. The number of likely N-dealkylation sites (tertiary alicyclic amines) is 1. The van der Waals surface area contributed by atoms with Crippen molar-refractivity contribution in [3.05, 3.63) is 88.0 Å². The maximum absolute atomic E-state index is 13.1. The number of aromatic nitrogens is 2. The van der Waals surface area contributed by atoms with Gasteiger partial charge < -0.3 is 14.3 Å². The van der Waals surface area contributed by atoms with E-state index in [0.29, 0.717) is 31.3 Å². The number of pyridine rings is 2. The summed E-state index contributed by atoms with van der Waals surface area (Å²) in [5, 5.41) is 2.89. The molecule has 2 aliphatic rings. The second-order valence-corrected chi connectivity index (χ2v) is 8.57. The lowest BCUT2D eigenvalue weighted by atomic mass is 9.83. The van der Waals surface area contributed by atoms with Gasteiger partial charge in [0.1, 0.15) is 5.56 Å². The van der Waals surface area contributed by atoms with Crippen molar-refractivity contribution in [1.82, 2.24) is 19.8 Å². The van der Waals surface area contributed by atoms with Crippen LogP contribution in [0.5, 0.6) is 0 Å². The summed E-state index contributed by atoms with van der Waals surface area (Å²) in [4.78, 5) is 32.2. The van der Waals surface area contributed by atoms with Crippen LogP contribution in [0, 0.1) is 5.92 Å². The van der Waals surface area contributed by atoms with Gasteiger partial charge in [-0.3, -0.25) is 19.5 Å². The van der Waals surface area contributed by atoms with Crippen LogP contribution in [-0.2, 0) is 19.5 Å². The van der Waals surface area contributed by atoms with Gasteiger partial charge in [-0.15, -0.1) is 0 Å². The zero-order valence-electron chi connectivity index (χ0n) is 17.4. The summed E-state index contributed by atoms with van der Waals surface area (Å²) < 4.78 is 7.04. The number of nitrogens with one attached hydrogen (secondary N) is 1. The number of nitrogens with zero attached hydrogens (tertiary/aromatic N) is 3. The Labute approximate surface area is 180 Å². The molecule has 31 heavy (non-hydrogen) atoms. The van der Waals surface area contributed by atoms with E-state index in [9.17, 15) is 9.59 Å². The number of carbonyl (C=O) groups is 1. The first kappa shape index (κ1) is 19.8. The van der Waals surface area contributed by atoms with Gasteiger partial charge in [0.15, 0.2) is 0 Å². The predicted octanol–water partition coefficient (Wildman–Crippen LogP) is 2.43. The fourth-order valence-electron chi connectivity index (χ4n) is 4.95. The van der Waals surface area contributed by atoms with Crippen LogP contribution in [0.1, 0.15) is 39.5 Å². The lowest BCUT2D eigenvalue weighted by Crippen LogP contribution is -2.47. The number of hydrogen-bond donors (Lipinski definition) is 1. The van der Waals surface area contributed by atoms with Gasteiger partial charge in [-0.1, -0.05) is 0 Å². The third-order valence-corrected chi connectivity index (χ3v) is 6.36. The minimum atomic E-state index is -0.299. The van der Waals surface area contributed by atoms with Crippen molar-refractivity contribution in [3.63, 3.8) is 0 Å². The number of furan rings is 1. The molecule has 0 saturated carbocycles. The van der Waals surface area contributed by atoms with E-state index in [1.165, 1.54) is 5.56 Å². The second kappa shape index (κ2) is 8.51. The standard InChI is InChI=1S/C24H26N4O3/c29-23(26-9-5-17-3-7-25-8-4-17)21-1-2-22-20-11-19(14-28(22)24(21)30)13-27(15-20)12-18-6-10-31-16-18/h1-4,6-8,10,16,19-20H,5,9,11-15H2,(H,26,29)/t19-,20+/m0/s1. The molecule has 2 bridgehead atoms. The molecule has 0 radical (unpaired) electrons. The van der Waals surface area contributed by atoms with Gasteiger partial charge >= 0.3 is 0 Å². The Balaban J connectivity index is 1.28. The molecular weight excluding hydrogens is 392 g/mol. The fourth-order valence-corrected chi connectivity index (χ4v) is 4.95. The summed E-state index contributed by atoms with van der Waals surface area (Å²) in [6.07, 6.45) is 8.78. The van der Waals surface area contributed by atoms with E-state index < -0.39 is 0 Å². The van der Waals surface area contributed by atoms with Crippen molar-refractivity contribution < 1.29 is 9.21 Å². The van der Waals surface area contributed by atoms with Crippen LogP contribution >= 0.6 is 0 Å². The lowest BCUT2D eigenvalue weighted by molar-refractivity contribution is 0.0947. The summed E-state index contributed by atoms with van der Waals surface area (Å²) in [6, 6.07) is 9.53. The van der Waals surface area contributed by atoms with Gasteiger partial charge in [0.2, 0.25) is 0 Å². The van der Waals surface area contributed by atoms with Crippen molar-refractivity contribution >= 4 is 5.91 Å². The van der Waals surface area contributed by atoms with Crippen LogP contribution < -0.4 is 10.9 Å². The number of rotatable bonds is 6. The minimum Gasteiger partial charge on any atom is -0.472 e. The molecule has 2 aliphatic heterocycles. The van der Waals surface area contributed by atoms with Gasteiger partial charge in [0, 0.05) is 62.3 Å². The summed E-state index contributed by atoms with van der Waals surface area (Å²) in [6.45, 7) is 3.89. The quantitative estimate of drug-likeness (QED) is 0.665. The highest BCUT2D eigenvalue weighted by Crippen LogP contribution is 2.35. The van der Waals surface area contributed by atoms with E-state index in [1.54, 1.807) is 31.0 Å². The highest BCUT2D eigenvalue weighted by Gasteiger charge is 2.35.